The summed E-state index contributed by atoms with van der Waals surface area (Å²) < 4.78 is 1.86. The molecule has 2 heterocycles. The fourth-order valence-electron chi connectivity index (χ4n) is 1.44. The minimum atomic E-state index is 0.550. The summed E-state index contributed by atoms with van der Waals surface area (Å²) in [4.78, 5) is 0. The van der Waals surface area contributed by atoms with Crippen LogP contribution in [0.1, 0.15) is 11.1 Å². The van der Waals surface area contributed by atoms with Crippen molar-refractivity contribution in [3.8, 4) is 0 Å². The Morgan fingerprint density at radius 1 is 1.58 bits per heavy atom. The molecule has 0 saturated carbocycles. The fourth-order valence-corrected chi connectivity index (χ4v) is 1.44. The van der Waals surface area contributed by atoms with Gasteiger partial charge in [0.1, 0.15) is 0 Å². The Labute approximate surface area is 70.8 Å². The number of hydrogen-bond donors (Lipinski definition) is 1. The van der Waals surface area contributed by atoms with E-state index in [-0.39, 0.29) is 0 Å². The van der Waals surface area contributed by atoms with E-state index in [1.54, 1.807) is 0 Å². The van der Waals surface area contributed by atoms with E-state index in [0.29, 0.717) is 6.54 Å². The van der Waals surface area contributed by atoms with E-state index in [0.717, 1.165) is 11.1 Å². The Balaban J connectivity index is 2.83. The van der Waals surface area contributed by atoms with Crippen molar-refractivity contribution in [3.63, 3.8) is 0 Å². The van der Waals surface area contributed by atoms with Gasteiger partial charge < -0.3 is 5.73 Å². The number of fused-ring (bicyclic) bond motifs is 1. The first-order valence-corrected chi connectivity index (χ1v) is 3.95. The van der Waals surface area contributed by atoms with Gasteiger partial charge in [-0.05, 0) is 18.6 Å². The SMILES string of the molecule is Cc1cccn2ncc(CN)c12. The molecule has 2 rings (SSSR count). The van der Waals surface area contributed by atoms with Crippen LogP contribution in [-0.4, -0.2) is 9.61 Å². The Hall–Kier alpha value is -1.35. The molecule has 2 N–H and O–H groups in total. The zero-order valence-electron chi connectivity index (χ0n) is 6.99. The van der Waals surface area contributed by atoms with E-state index in [4.69, 9.17) is 5.73 Å². The monoisotopic (exact) mass is 161 g/mol. The molecule has 0 radical (unpaired) electrons. The first kappa shape index (κ1) is 7.31. The molecule has 62 valence electrons. The van der Waals surface area contributed by atoms with Crippen LogP contribution in [0, 0.1) is 6.92 Å². The molecule has 0 aliphatic heterocycles. The molecule has 0 unspecified atom stereocenters. The molecule has 0 spiro atoms. The smallest absolute Gasteiger partial charge is 0.0735 e. The summed E-state index contributed by atoms with van der Waals surface area (Å²) in [5, 5.41) is 4.19. The second-order valence-corrected chi connectivity index (χ2v) is 2.86. The van der Waals surface area contributed by atoms with Gasteiger partial charge in [-0.2, -0.15) is 5.10 Å². The standard InChI is InChI=1S/C9H11N3/c1-7-3-2-4-12-9(7)8(5-10)6-11-12/h2-4,6H,5,10H2,1H3. The van der Waals surface area contributed by atoms with E-state index in [2.05, 4.69) is 18.1 Å². The van der Waals surface area contributed by atoms with Crippen molar-refractivity contribution in [1.29, 1.82) is 0 Å². The average molecular weight is 161 g/mol. The molecule has 0 aromatic carbocycles. The molecule has 2 aromatic heterocycles. The molecule has 12 heavy (non-hydrogen) atoms. The van der Waals surface area contributed by atoms with Crippen LogP contribution in [0.4, 0.5) is 0 Å². The summed E-state index contributed by atoms with van der Waals surface area (Å²) in [6.07, 6.45) is 3.75. The van der Waals surface area contributed by atoms with E-state index in [9.17, 15) is 0 Å². The van der Waals surface area contributed by atoms with Crippen molar-refractivity contribution < 1.29 is 0 Å². The molecular weight excluding hydrogens is 150 g/mol. The number of rotatable bonds is 1. The molecule has 0 aliphatic rings. The van der Waals surface area contributed by atoms with Crippen molar-refractivity contribution in [1.82, 2.24) is 9.61 Å². The fraction of sp³-hybridized carbons (Fsp3) is 0.222. The van der Waals surface area contributed by atoms with Gasteiger partial charge in [0.15, 0.2) is 0 Å². The highest BCUT2D eigenvalue weighted by Gasteiger charge is 2.03. The van der Waals surface area contributed by atoms with Gasteiger partial charge in [0.2, 0.25) is 0 Å². The normalized spacial score (nSPS) is 10.8. The van der Waals surface area contributed by atoms with Gasteiger partial charge >= 0.3 is 0 Å². The summed E-state index contributed by atoms with van der Waals surface area (Å²) in [5.74, 6) is 0. The molecule has 0 amide bonds. The minimum absolute atomic E-state index is 0.550. The Morgan fingerprint density at radius 3 is 3.17 bits per heavy atom. The van der Waals surface area contributed by atoms with E-state index in [1.807, 2.05) is 23.0 Å². The van der Waals surface area contributed by atoms with Gasteiger partial charge in [0.05, 0.1) is 11.7 Å². The van der Waals surface area contributed by atoms with Crippen LogP contribution in [-0.2, 0) is 6.54 Å². The second kappa shape index (κ2) is 2.60. The lowest BCUT2D eigenvalue weighted by molar-refractivity contribution is 0.956. The van der Waals surface area contributed by atoms with Gasteiger partial charge in [0.25, 0.3) is 0 Å². The summed E-state index contributed by atoms with van der Waals surface area (Å²) in [7, 11) is 0. The topological polar surface area (TPSA) is 43.3 Å². The third-order valence-electron chi connectivity index (χ3n) is 2.04. The highest BCUT2D eigenvalue weighted by Crippen LogP contribution is 2.13. The van der Waals surface area contributed by atoms with Crippen molar-refractivity contribution in [2.24, 2.45) is 5.73 Å². The average Bonchev–Trinajstić information content (AvgIpc) is 2.49. The van der Waals surface area contributed by atoms with Crippen molar-refractivity contribution in [2.75, 3.05) is 0 Å². The van der Waals surface area contributed by atoms with Gasteiger partial charge in [-0.25, -0.2) is 4.52 Å². The van der Waals surface area contributed by atoms with Crippen LogP contribution in [0.3, 0.4) is 0 Å². The Bertz CT molecular complexity index is 403. The molecule has 0 atom stereocenters. The van der Waals surface area contributed by atoms with Gasteiger partial charge in [-0.1, -0.05) is 6.07 Å². The van der Waals surface area contributed by atoms with Crippen LogP contribution in [0.2, 0.25) is 0 Å². The molecule has 3 nitrogen and oxygen atoms in total. The van der Waals surface area contributed by atoms with Gasteiger partial charge in [0, 0.05) is 18.3 Å². The first-order chi connectivity index (χ1) is 5.83. The number of aryl methyl sites for hydroxylation is 1. The van der Waals surface area contributed by atoms with Crippen LogP contribution >= 0.6 is 0 Å². The number of hydrogen-bond acceptors (Lipinski definition) is 2. The molecule has 0 saturated heterocycles. The van der Waals surface area contributed by atoms with Crippen molar-refractivity contribution in [3.05, 3.63) is 35.7 Å². The largest absolute Gasteiger partial charge is 0.326 e. The number of nitrogens with zero attached hydrogens (tertiary/aromatic N) is 2. The zero-order valence-corrected chi connectivity index (χ0v) is 6.99. The lowest BCUT2D eigenvalue weighted by Crippen LogP contribution is -1.96. The third kappa shape index (κ3) is 0.905. The molecule has 3 heteroatoms. The molecule has 0 fully saturated rings. The number of pyridine rings is 1. The Morgan fingerprint density at radius 2 is 2.42 bits per heavy atom. The zero-order chi connectivity index (χ0) is 8.55. The predicted octanol–water partition coefficient (Wildman–Crippen LogP) is 1.10. The van der Waals surface area contributed by atoms with Crippen molar-refractivity contribution in [2.45, 2.75) is 13.5 Å². The lowest BCUT2D eigenvalue weighted by Gasteiger charge is -1.98. The van der Waals surface area contributed by atoms with Gasteiger partial charge in [-0.15, -0.1) is 0 Å². The summed E-state index contributed by atoms with van der Waals surface area (Å²) >= 11 is 0. The lowest BCUT2D eigenvalue weighted by atomic mass is 10.2. The number of aromatic nitrogens is 2. The van der Waals surface area contributed by atoms with E-state index >= 15 is 0 Å². The van der Waals surface area contributed by atoms with E-state index < -0.39 is 0 Å². The molecule has 2 aromatic rings. The molecular formula is C9H11N3. The second-order valence-electron chi connectivity index (χ2n) is 2.86. The minimum Gasteiger partial charge on any atom is -0.326 e. The molecule has 0 bridgehead atoms. The Kier molecular flexibility index (Phi) is 1.59. The van der Waals surface area contributed by atoms with Gasteiger partial charge in [-0.3, -0.25) is 0 Å². The predicted molar refractivity (Wildman–Crippen MR) is 47.8 cm³/mol. The third-order valence-corrected chi connectivity index (χ3v) is 2.04. The summed E-state index contributed by atoms with van der Waals surface area (Å²) in [5.41, 5.74) is 9.04. The van der Waals surface area contributed by atoms with Crippen LogP contribution < -0.4 is 5.73 Å². The highest BCUT2D eigenvalue weighted by atomic mass is 15.2. The maximum absolute atomic E-state index is 5.58. The van der Waals surface area contributed by atoms with E-state index in [1.165, 1.54) is 5.56 Å². The molecule has 0 aliphatic carbocycles. The van der Waals surface area contributed by atoms with Crippen molar-refractivity contribution >= 4 is 5.52 Å². The quantitative estimate of drug-likeness (QED) is 0.680. The maximum Gasteiger partial charge on any atom is 0.0735 e. The van der Waals surface area contributed by atoms with Crippen LogP contribution in [0.5, 0.6) is 0 Å². The summed E-state index contributed by atoms with van der Waals surface area (Å²) in [6, 6.07) is 4.05. The first-order valence-electron chi connectivity index (χ1n) is 3.95. The van der Waals surface area contributed by atoms with Crippen LogP contribution in [0.15, 0.2) is 24.5 Å². The highest BCUT2D eigenvalue weighted by molar-refractivity contribution is 5.59. The van der Waals surface area contributed by atoms with Crippen LogP contribution in [0.25, 0.3) is 5.52 Å². The number of nitrogens with two attached hydrogens (primary N) is 1. The maximum atomic E-state index is 5.58. The summed E-state index contributed by atoms with van der Waals surface area (Å²) in [6.45, 7) is 2.62.